The van der Waals surface area contributed by atoms with Gasteiger partial charge in [-0.05, 0) is 17.7 Å². The van der Waals surface area contributed by atoms with Crippen molar-refractivity contribution in [3.8, 4) is 12.1 Å². The van der Waals surface area contributed by atoms with Crippen molar-refractivity contribution in [2.24, 2.45) is 0 Å². The molecular weight excluding hydrogens is 222 g/mol. The molecule has 3 nitrogen and oxygen atoms in total. The van der Waals surface area contributed by atoms with E-state index in [1.54, 1.807) is 24.3 Å². The third-order valence-corrected chi connectivity index (χ3v) is 2.49. The molecule has 0 heterocycles. The van der Waals surface area contributed by atoms with Crippen molar-refractivity contribution in [2.45, 2.75) is 0 Å². The minimum absolute atomic E-state index is 0.0701. The summed E-state index contributed by atoms with van der Waals surface area (Å²) in [6, 6.07) is 10.9. The fourth-order valence-corrected chi connectivity index (χ4v) is 1.38. The Labute approximate surface area is 99.8 Å². The fraction of sp³-hybridized carbons (Fsp3) is 0.167. The van der Waals surface area contributed by atoms with E-state index in [2.05, 4.69) is 0 Å². The van der Waals surface area contributed by atoms with E-state index in [1.165, 1.54) is 0 Å². The molecule has 1 rings (SSSR count). The van der Waals surface area contributed by atoms with Crippen LogP contribution < -0.4 is 4.90 Å². The summed E-state index contributed by atoms with van der Waals surface area (Å²) in [6.07, 6.45) is 0. The van der Waals surface area contributed by atoms with Crippen LogP contribution in [0.2, 0.25) is 0 Å². The predicted molar refractivity (Wildman–Crippen MR) is 64.8 cm³/mol. The first-order chi connectivity index (χ1) is 7.60. The maximum absolute atomic E-state index is 8.68. The molecule has 0 saturated carbocycles. The van der Waals surface area contributed by atoms with E-state index in [4.69, 9.17) is 22.1 Å². The molecule has 0 aliphatic carbocycles. The molecule has 4 heteroatoms. The van der Waals surface area contributed by atoms with Crippen LogP contribution in [-0.2, 0) is 0 Å². The van der Waals surface area contributed by atoms with E-state index in [0.717, 1.165) is 5.69 Å². The van der Waals surface area contributed by atoms with Crippen LogP contribution in [0.4, 0.5) is 5.69 Å². The summed E-state index contributed by atoms with van der Waals surface area (Å²) in [7, 11) is 3.87. The second-order valence-electron chi connectivity index (χ2n) is 3.35. The first-order valence-electron chi connectivity index (χ1n) is 4.58. The van der Waals surface area contributed by atoms with Crippen LogP contribution in [0.15, 0.2) is 29.8 Å². The van der Waals surface area contributed by atoms with E-state index in [9.17, 15) is 0 Å². The lowest BCUT2D eigenvalue weighted by Gasteiger charge is -2.12. The van der Waals surface area contributed by atoms with E-state index in [-0.39, 0.29) is 10.6 Å². The maximum atomic E-state index is 8.68. The predicted octanol–water partition coefficient (Wildman–Crippen LogP) is 2.75. The Morgan fingerprint density at radius 2 is 1.62 bits per heavy atom. The molecule has 0 bridgehead atoms. The van der Waals surface area contributed by atoms with Gasteiger partial charge in [-0.2, -0.15) is 10.5 Å². The highest BCUT2D eigenvalue weighted by Gasteiger charge is 2.06. The van der Waals surface area contributed by atoms with Gasteiger partial charge in [-0.25, -0.2) is 0 Å². The molecule has 0 radical (unpaired) electrons. The van der Waals surface area contributed by atoms with Gasteiger partial charge in [-0.1, -0.05) is 23.7 Å². The highest BCUT2D eigenvalue weighted by Crippen LogP contribution is 2.24. The normalized spacial score (nSPS) is 8.81. The van der Waals surface area contributed by atoms with Gasteiger partial charge >= 0.3 is 0 Å². The lowest BCUT2D eigenvalue weighted by atomic mass is 10.1. The van der Waals surface area contributed by atoms with Crippen LogP contribution in [0, 0.1) is 22.7 Å². The third kappa shape index (κ3) is 2.53. The topological polar surface area (TPSA) is 50.8 Å². The fourth-order valence-electron chi connectivity index (χ4n) is 1.17. The molecule has 0 fully saturated rings. The van der Waals surface area contributed by atoms with Gasteiger partial charge < -0.3 is 4.90 Å². The number of hydrogen-bond acceptors (Lipinski definition) is 3. The zero-order valence-electron chi connectivity index (χ0n) is 9.03. The summed E-state index contributed by atoms with van der Waals surface area (Å²) in [6.45, 7) is 0. The van der Waals surface area contributed by atoms with Crippen LogP contribution >= 0.6 is 11.6 Å². The smallest absolute Gasteiger partial charge is 0.148 e. The lowest BCUT2D eigenvalue weighted by Crippen LogP contribution is -2.08. The molecule has 0 atom stereocenters. The van der Waals surface area contributed by atoms with Crippen molar-refractivity contribution in [3.63, 3.8) is 0 Å². The molecule has 0 aromatic heterocycles. The van der Waals surface area contributed by atoms with Crippen molar-refractivity contribution < 1.29 is 0 Å². The molecule has 0 amide bonds. The molecular formula is C12H10ClN3. The average Bonchev–Trinajstić information content (AvgIpc) is 2.30. The Balaban J connectivity index is 3.14. The molecule has 0 aliphatic rings. The minimum atomic E-state index is -0.0701. The number of anilines is 1. The number of rotatable bonds is 2. The maximum Gasteiger partial charge on any atom is 0.148 e. The number of halogens is 1. The van der Waals surface area contributed by atoms with Gasteiger partial charge in [0, 0.05) is 19.8 Å². The van der Waals surface area contributed by atoms with Gasteiger partial charge in [-0.15, -0.1) is 0 Å². The van der Waals surface area contributed by atoms with Gasteiger partial charge in [0.15, 0.2) is 0 Å². The van der Waals surface area contributed by atoms with Crippen LogP contribution in [0.1, 0.15) is 5.56 Å². The van der Waals surface area contributed by atoms with Crippen LogP contribution in [-0.4, -0.2) is 14.1 Å². The quantitative estimate of drug-likeness (QED) is 0.736. The molecule has 0 saturated heterocycles. The molecule has 80 valence electrons. The molecule has 0 N–H and O–H groups in total. The Morgan fingerprint density at radius 3 is 2.00 bits per heavy atom. The first-order valence-corrected chi connectivity index (χ1v) is 4.95. The van der Waals surface area contributed by atoms with Gasteiger partial charge in [0.1, 0.15) is 17.7 Å². The zero-order chi connectivity index (χ0) is 12.1. The monoisotopic (exact) mass is 231 g/mol. The molecule has 16 heavy (non-hydrogen) atoms. The lowest BCUT2D eigenvalue weighted by molar-refractivity contribution is 1.13. The first kappa shape index (κ1) is 12.1. The van der Waals surface area contributed by atoms with Crippen molar-refractivity contribution in [2.75, 3.05) is 19.0 Å². The standard InChI is InChI=1S/C12H10ClN3/c1-16(2)11-5-3-9(4-6-11)12(13)10(7-14)8-15/h3-6H,1-2H3. The second-order valence-corrected chi connectivity index (χ2v) is 3.73. The number of hydrogen-bond donors (Lipinski definition) is 0. The summed E-state index contributed by atoms with van der Waals surface area (Å²) in [5, 5.41) is 17.5. The zero-order valence-corrected chi connectivity index (χ0v) is 9.78. The molecule has 0 spiro atoms. The summed E-state index contributed by atoms with van der Waals surface area (Å²) >= 11 is 5.93. The highest BCUT2D eigenvalue weighted by atomic mass is 35.5. The Hall–Kier alpha value is -1.97. The van der Waals surface area contributed by atoms with E-state index in [0.29, 0.717) is 5.56 Å². The Bertz CT molecular complexity index is 470. The van der Waals surface area contributed by atoms with Gasteiger partial charge in [0.25, 0.3) is 0 Å². The van der Waals surface area contributed by atoms with Crippen molar-refractivity contribution >= 4 is 22.3 Å². The third-order valence-electron chi connectivity index (χ3n) is 2.08. The Morgan fingerprint density at radius 1 is 1.12 bits per heavy atom. The highest BCUT2D eigenvalue weighted by molar-refractivity contribution is 6.49. The number of nitriles is 2. The average molecular weight is 232 g/mol. The van der Waals surface area contributed by atoms with E-state index in [1.807, 2.05) is 31.1 Å². The van der Waals surface area contributed by atoms with Crippen molar-refractivity contribution in [1.82, 2.24) is 0 Å². The van der Waals surface area contributed by atoms with Gasteiger partial charge in [0.05, 0.1) is 5.03 Å². The van der Waals surface area contributed by atoms with Gasteiger partial charge in [-0.3, -0.25) is 0 Å². The summed E-state index contributed by atoms with van der Waals surface area (Å²) in [5.74, 6) is 0. The molecule has 0 aliphatic heterocycles. The molecule has 0 unspecified atom stereocenters. The summed E-state index contributed by atoms with van der Waals surface area (Å²) < 4.78 is 0. The molecule has 1 aromatic rings. The summed E-state index contributed by atoms with van der Waals surface area (Å²) in [5.41, 5.74) is 1.63. The summed E-state index contributed by atoms with van der Waals surface area (Å²) in [4.78, 5) is 1.96. The van der Waals surface area contributed by atoms with Crippen molar-refractivity contribution in [3.05, 3.63) is 35.4 Å². The SMILES string of the molecule is CN(C)c1ccc(C(Cl)=C(C#N)C#N)cc1. The number of benzene rings is 1. The van der Waals surface area contributed by atoms with Crippen LogP contribution in [0.3, 0.4) is 0 Å². The van der Waals surface area contributed by atoms with E-state index >= 15 is 0 Å². The minimum Gasteiger partial charge on any atom is -0.378 e. The van der Waals surface area contributed by atoms with Crippen molar-refractivity contribution in [1.29, 1.82) is 10.5 Å². The second kappa shape index (κ2) is 5.21. The Kier molecular flexibility index (Phi) is 3.94. The van der Waals surface area contributed by atoms with Crippen LogP contribution in [0.25, 0.3) is 5.03 Å². The number of allylic oxidation sites excluding steroid dienone is 1. The molecule has 1 aromatic carbocycles. The van der Waals surface area contributed by atoms with Crippen LogP contribution in [0.5, 0.6) is 0 Å². The van der Waals surface area contributed by atoms with E-state index < -0.39 is 0 Å². The number of nitrogens with zero attached hydrogens (tertiary/aromatic N) is 3. The largest absolute Gasteiger partial charge is 0.378 e. The van der Waals surface area contributed by atoms with Gasteiger partial charge in [0.2, 0.25) is 0 Å².